The van der Waals surface area contributed by atoms with Crippen molar-refractivity contribution in [1.29, 1.82) is 0 Å². The summed E-state index contributed by atoms with van der Waals surface area (Å²) in [6.45, 7) is 0. The van der Waals surface area contributed by atoms with Crippen molar-refractivity contribution in [3.63, 3.8) is 0 Å². The van der Waals surface area contributed by atoms with Crippen LogP contribution in [0, 0.1) is 0 Å². The first-order valence-corrected chi connectivity index (χ1v) is 5.31. The molecule has 0 unspecified atom stereocenters. The molecule has 0 aliphatic carbocycles. The Morgan fingerprint density at radius 1 is 1.06 bits per heavy atom. The average Bonchev–Trinajstić information content (AvgIpc) is 2.73. The van der Waals surface area contributed by atoms with E-state index in [2.05, 4.69) is 4.98 Å². The molecule has 0 saturated heterocycles. The molecule has 1 aromatic carbocycles. The van der Waals surface area contributed by atoms with Crippen molar-refractivity contribution >= 4 is 22.6 Å². The first kappa shape index (κ1) is 9.43. The van der Waals surface area contributed by atoms with Crippen molar-refractivity contribution in [3.8, 4) is 11.3 Å². The van der Waals surface area contributed by atoms with Gasteiger partial charge in [0.25, 0.3) is 0 Å². The van der Waals surface area contributed by atoms with Crippen LogP contribution in [0.2, 0.25) is 5.15 Å². The van der Waals surface area contributed by atoms with Gasteiger partial charge in [0.1, 0.15) is 16.5 Å². The number of nitrogens with zero attached hydrogens (tertiary/aromatic N) is 1. The van der Waals surface area contributed by atoms with E-state index in [1.165, 1.54) is 0 Å². The maximum absolute atomic E-state index is 5.74. The van der Waals surface area contributed by atoms with Crippen LogP contribution in [0.15, 0.2) is 53.1 Å². The second-order valence-corrected chi connectivity index (χ2v) is 3.91. The Hall–Kier alpha value is -1.80. The molecule has 0 radical (unpaired) electrons. The van der Waals surface area contributed by atoms with Crippen LogP contribution in [-0.2, 0) is 0 Å². The zero-order valence-corrected chi connectivity index (χ0v) is 9.11. The number of fused-ring (bicyclic) bond motifs is 1. The van der Waals surface area contributed by atoms with Gasteiger partial charge in [-0.25, -0.2) is 4.98 Å². The second-order valence-electron chi connectivity index (χ2n) is 3.52. The normalized spacial score (nSPS) is 10.8. The molecule has 3 aromatic rings. The van der Waals surface area contributed by atoms with Crippen LogP contribution in [-0.4, -0.2) is 4.98 Å². The topological polar surface area (TPSA) is 26.0 Å². The van der Waals surface area contributed by atoms with E-state index in [0.29, 0.717) is 5.15 Å². The lowest BCUT2D eigenvalue weighted by Gasteiger charge is -1.94. The summed E-state index contributed by atoms with van der Waals surface area (Å²) < 4.78 is 5.71. The van der Waals surface area contributed by atoms with E-state index in [-0.39, 0.29) is 0 Å². The Kier molecular flexibility index (Phi) is 2.15. The zero-order chi connectivity index (χ0) is 11.0. The molecule has 3 heteroatoms. The van der Waals surface area contributed by atoms with E-state index < -0.39 is 0 Å². The SMILES string of the molecule is Clc1ccc(-c2cc3ccccc3o2)cn1. The van der Waals surface area contributed by atoms with E-state index in [0.717, 1.165) is 22.3 Å². The third-order valence-electron chi connectivity index (χ3n) is 2.44. The van der Waals surface area contributed by atoms with Crippen molar-refractivity contribution in [1.82, 2.24) is 4.98 Å². The number of benzene rings is 1. The van der Waals surface area contributed by atoms with Crippen LogP contribution in [0.25, 0.3) is 22.3 Å². The molecule has 0 spiro atoms. The lowest BCUT2D eigenvalue weighted by molar-refractivity contribution is 0.631. The molecule has 0 amide bonds. The minimum Gasteiger partial charge on any atom is -0.456 e. The third-order valence-corrected chi connectivity index (χ3v) is 2.66. The highest BCUT2D eigenvalue weighted by atomic mass is 35.5. The van der Waals surface area contributed by atoms with E-state index >= 15 is 0 Å². The Morgan fingerprint density at radius 2 is 1.94 bits per heavy atom. The molecule has 0 aliphatic rings. The van der Waals surface area contributed by atoms with Gasteiger partial charge < -0.3 is 4.42 Å². The van der Waals surface area contributed by atoms with Gasteiger partial charge in [0.2, 0.25) is 0 Å². The van der Waals surface area contributed by atoms with Gasteiger partial charge in [-0.15, -0.1) is 0 Å². The highest BCUT2D eigenvalue weighted by Gasteiger charge is 2.05. The lowest BCUT2D eigenvalue weighted by atomic mass is 10.2. The van der Waals surface area contributed by atoms with Crippen LogP contribution in [0.4, 0.5) is 0 Å². The fourth-order valence-corrected chi connectivity index (χ4v) is 1.76. The number of pyridine rings is 1. The molecule has 0 N–H and O–H groups in total. The number of hydrogen-bond donors (Lipinski definition) is 0. The van der Waals surface area contributed by atoms with Crippen molar-refractivity contribution in [2.75, 3.05) is 0 Å². The quantitative estimate of drug-likeness (QED) is 0.586. The predicted octanol–water partition coefficient (Wildman–Crippen LogP) is 4.15. The third kappa shape index (κ3) is 1.57. The van der Waals surface area contributed by atoms with E-state index in [1.54, 1.807) is 12.3 Å². The first-order valence-electron chi connectivity index (χ1n) is 4.93. The molecular weight excluding hydrogens is 222 g/mol. The van der Waals surface area contributed by atoms with Crippen LogP contribution in [0.5, 0.6) is 0 Å². The van der Waals surface area contributed by atoms with Gasteiger partial charge in [0, 0.05) is 17.1 Å². The molecule has 0 fully saturated rings. The summed E-state index contributed by atoms with van der Waals surface area (Å²) in [6.07, 6.45) is 1.71. The Morgan fingerprint density at radius 3 is 2.69 bits per heavy atom. The lowest BCUT2D eigenvalue weighted by Crippen LogP contribution is -1.76. The summed E-state index contributed by atoms with van der Waals surface area (Å²) in [7, 11) is 0. The molecule has 0 saturated carbocycles. The number of rotatable bonds is 1. The monoisotopic (exact) mass is 229 g/mol. The molecule has 3 rings (SSSR count). The fourth-order valence-electron chi connectivity index (χ4n) is 1.65. The van der Waals surface area contributed by atoms with Gasteiger partial charge in [-0.3, -0.25) is 0 Å². The number of furan rings is 1. The first-order chi connectivity index (χ1) is 7.83. The summed E-state index contributed by atoms with van der Waals surface area (Å²) in [5.41, 5.74) is 1.81. The van der Waals surface area contributed by atoms with Crippen molar-refractivity contribution in [3.05, 3.63) is 53.8 Å². The molecule has 16 heavy (non-hydrogen) atoms. The van der Waals surface area contributed by atoms with Gasteiger partial charge in [0.05, 0.1) is 0 Å². The van der Waals surface area contributed by atoms with Crippen LogP contribution in [0.1, 0.15) is 0 Å². The van der Waals surface area contributed by atoms with Crippen LogP contribution in [0.3, 0.4) is 0 Å². The molecule has 2 heterocycles. The summed E-state index contributed by atoms with van der Waals surface area (Å²) in [5.74, 6) is 0.811. The summed E-state index contributed by atoms with van der Waals surface area (Å²) >= 11 is 5.74. The van der Waals surface area contributed by atoms with Crippen molar-refractivity contribution in [2.45, 2.75) is 0 Å². The number of aromatic nitrogens is 1. The largest absolute Gasteiger partial charge is 0.456 e. The maximum Gasteiger partial charge on any atom is 0.136 e. The minimum atomic E-state index is 0.486. The average molecular weight is 230 g/mol. The molecule has 0 bridgehead atoms. The highest BCUT2D eigenvalue weighted by molar-refractivity contribution is 6.29. The van der Waals surface area contributed by atoms with Gasteiger partial charge in [0.15, 0.2) is 0 Å². The molecule has 0 aliphatic heterocycles. The number of halogens is 1. The van der Waals surface area contributed by atoms with E-state index in [4.69, 9.17) is 16.0 Å². The summed E-state index contributed by atoms with van der Waals surface area (Å²) in [5, 5.41) is 1.58. The summed E-state index contributed by atoms with van der Waals surface area (Å²) in [6, 6.07) is 13.6. The Balaban J connectivity index is 2.15. The number of hydrogen-bond acceptors (Lipinski definition) is 2. The molecule has 78 valence electrons. The van der Waals surface area contributed by atoms with Crippen molar-refractivity contribution < 1.29 is 4.42 Å². The fraction of sp³-hybridized carbons (Fsp3) is 0. The Labute approximate surface area is 97.5 Å². The van der Waals surface area contributed by atoms with E-state index in [9.17, 15) is 0 Å². The second kappa shape index (κ2) is 3.65. The van der Waals surface area contributed by atoms with Gasteiger partial charge >= 0.3 is 0 Å². The highest BCUT2D eigenvalue weighted by Crippen LogP contribution is 2.27. The molecular formula is C13H8ClNO. The molecule has 2 nitrogen and oxygen atoms in total. The zero-order valence-electron chi connectivity index (χ0n) is 8.35. The van der Waals surface area contributed by atoms with Gasteiger partial charge in [-0.1, -0.05) is 29.8 Å². The van der Waals surface area contributed by atoms with E-state index in [1.807, 2.05) is 36.4 Å². The van der Waals surface area contributed by atoms with Crippen LogP contribution < -0.4 is 0 Å². The minimum absolute atomic E-state index is 0.486. The van der Waals surface area contributed by atoms with Crippen LogP contribution >= 0.6 is 11.6 Å². The van der Waals surface area contributed by atoms with Crippen molar-refractivity contribution in [2.24, 2.45) is 0 Å². The maximum atomic E-state index is 5.74. The van der Waals surface area contributed by atoms with Gasteiger partial charge in [-0.2, -0.15) is 0 Å². The summed E-state index contributed by atoms with van der Waals surface area (Å²) in [4.78, 5) is 4.03. The molecule has 2 aromatic heterocycles. The Bertz CT molecular complexity index is 595. The predicted molar refractivity (Wildman–Crippen MR) is 64.5 cm³/mol. The number of para-hydroxylation sites is 1. The molecule has 0 atom stereocenters. The smallest absolute Gasteiger partial charge is 0.136 e. The standard InChI is InChI=1S/C13H8ClNO/c14-13-6-5-10(8-15-13)12-7-9-3-1-2-4-11(9)16-12/h1-8H. The van der Waals surface area contributed by atoms with Gasteiger partial charge in [-0.05, 0) is 24.3 Å².